The van der Waals surface area contributed by atoms with Gasteiger partial charge in [0.25, 0.3) is 5.91 Å². The van der Waals surface area contributed by atoms with Crippen molar-refractivity contribution in [1.82, 2.24) is 9.47 Å². The van der Waals surface area contributed by atoms with Crippen molar-refractivity contribution in [2.24, 2.45) is 0 Å². The number of hydrogen-bond donors (Lipinski definition) is 0. The number of nitrogens with zero attached hydrogens (tertiary/aromatic N) is 2. The molecule has 0 saturated carbocycles. The Bertz CT molecular complexity index is 678. The first-order valence-electron chi connectivity index (χ1n) is 8.38. The summed E-state index contributed by atoms with van der Waals surface area (Å²) in [5.41, 5.74) is 2.42. The number of morpholine rings is 1. The molecule has 2 aliphatic heterocycles. The lowest BCUT2D eigenvalue weighted by molar-refractivity contribution is 0.00565. The van der Waals surface area contributed by atoms with Crippen LogP contribution in [0.2, 0.25) is 0 Å². The van der Waals surface area contributed by atoms with E-state index in [4.69, 9.17) is 13.9 Å². The molecule has 2 aliphatic rings. The van der Waals surface area contributed by atoms with Crippen molar-refractivity contribution in [2.45, 2.75) is 31.9 Å². The summed E-state index contributed by atoms with van der Waals surface area (Å²) in [5.74, 6) is 0.0514. The van der Waals surface area contributed by atoms with Crippen molar-refractivity contribution in [3.8, 4) is 0 Å². The standard InChI is InChI=1S/C17H22N2O4/c20-17(18-5-9-21-10-6-18)15-11-16-14(4-8-23-16)19(15)12-13-3-1-2-7-22-13/h4,8,11,13H,1-3,5-7,9-10,12H2. The van der Waals surface area contributed by atoms with E-state index >= 15 is 0 Å². The third-order valence-electron chi connectivity index (χ3n) is 4.70. The predicted molar refractivity (Wildman–Crippen MR) is 84.5 cm³/mol. The van der Waals surface area contributed by atoms with Gasteiger partial charge < -0.3 is 23.4 Å². The van der Waals surface area contributed by atoms with Gasteiger partial charge in [0, 0.05) is 38.4 Å². The van der Waals surface area contributed by atoms with Gasteiger partial charge in [0.15, 0.2) is 5.58 Å². The second-order valence-corrected chi connectivity index (χ2v) is 6.20. The van der Waals surface area contributed by atoms with Crippen LogP contribution in [0.4, 0.5) is 0 Å². The lowest BCUT2D eigenvalue weighted by Gasteiger charge is -2.28. The van der Waals surface area contributed by atoms with E-state index < -0.39 is 0 Å². The van der Waals surface area contributed by atoms with E-state index in [1.165, 1.54) is 6.42 Å². The van der Waals surface area contributed by atoms with Crippen LogP contribution in [-0.4, -0.2) is 54.4 Å². The normalized spacial score (nSPS) is 22.6. The fourth-order valence-electron chi connectivity index (χ4n) is 3.43. The zero-order chi connectivity index (χ0) is 15.6. The number of fused-ring (bicyclic) bond motifs is 1. The molecule has 0 bridgehead atoms. The monoisotopic (exact) mass is 318 g/mol. The Hall–Kier alpha value is -1.79. The van der Waals surface area contributed by atoms with Gasteiger partial charge in [0.05, 0.1) is 31.1 Å². The fraction of sp³-hybridized carbons (Fsp3) is 0.588. The Labute approximate surface area is 134 Å². The van der Waals surface area contributed by atoms with Gasteiger partial charge in [-0.1, -0.05) is 0 Å². The van der Waals surface area contributed by atoms with Crippen LogP contribution in [0.3, 0.4) is 0 Å². The van der Waals surface area contributed by atoms with Crippen molar-refractivity contribution in [2.75, 3.05) is 32.9 Å². The molecule has 1 atom stereocenters. The Morgan fingerprint density at radius 2 is 2.09 bits per heavy atom. The molecule has 2 fully saturated rings. The quantitative estimate of drug-likeness (QED) is 0.871. The minimum Gasteiger partial charge on any atom is -0.463 e. The summed E-state index contributed by atoms with van der Waals surface area (Å²) < 4.78 is 18.8. The molecular formula is C17H22N2O4. The number of carbonyl (C=O) groups excluding carboxylic acids is 1. The maximum atomic E-state index is 12.9. The molecule has 6 nitrogen and oxygen atoms in total. The highest BCUT2D eigenvalue weighted by molar-refractivity contribution is 5.97. The predicted octanol–water partition coefficient (Wildman–Crippen LogP) is 2.28. The van der Waals surface area contributed by atoms with Gasteiger partial charge in [-0.05, 0) is 19.3 Å². The van der Waals surface area contributed by atoms with E-state index in [9.17, 15) is 4.79 Å². The maximum absolute atomic E-state index is 12.9. The van der Waals surface area contributed by atoms with E-state index in [1.54, 1.807) is 6.26 Å². The van der Waals surface area contributed by atoms with Crippen LogP contribution in [0.5, 0.6) is 0 Å². The Morgan fingerprint density at radius 1 is 1.22 bits per heavy atom. The minimum atomic E-state index is 0.0514. The Balaban J connectivity index is 1.63. The molecular weight excluding hydrogens is 296 g/mol. The summed E-state index contributed by atoms with van der Waals surface area (Å²) in [4.78, 5) is 14.8. The molecule has 23 heavy (non-hydrogen) atoms. The average Bonchev–Trinajstić information content (AvgIpc) is 3.19. The first kappa shape index (κ1) is 14.8. The molecule has 0 radical (unpaired) electrons. The molecule has 2 aromatic heterocycles. The number of carbonyl (C=O) groups is 1. The van der Waals surface area contributed by atoms with Gasteiger partial charge in [0.2, 0.25) is 0 Å². The summed E-state index contributed by atoms with van der Waals surface area (Å²) >= 11 is 0. The lowest BCUT2D eigenvalue weighted by atomic mass is 10.1. The van der Waals surface area contributed by atoms with Crippen LogP contribution in [-0.2, 0) is 16.0 Å². The molecule has 0 aliphatic carbocycles. The van der Waals surface area contributed by atoms with Crippen molar-refractivity contribution >= 4 is 17.0 Å². The SMILES string of the molecule is O=C(c1cc2occc2n1CC1CCCCO1)N1CCOCC1. The van der Waals surface area contributed by atoms with Gasteiger partial charge in [-0.25, -0.2) is 0 Å². The summed E-state index contributed by atoms with van der Waals surface area (Å²) in [6.07, 6.45) is 5.20. The second-order valence-electron chi connectivity index (χ2n) is 6.20. The lowest BCUT2D eigenvalue weighted by Crippen LogP contribution is -2.41. The third-order valence-corrected chi connectivity index (χ3v) is 4.70. The average molecular weight is 318 g/mol. The summed E-state index contributed by atoms with van der Waals surface area (Å²) in [6, 6.07) is 3.78. The zero-order valence-corrected chi connectivity index (χ0v) is 13.2. The van der Waals surface area contributed by atoms with Gasteiger partial charge in [-0.15, -0.1) is 0 Å². The van der Waals surface area contributed by atoms with Gasteiger partial charge in [-0.3, -0.25) is 4.79 Å². The van der Waals surface area contributed by atoms with Crippen molar-refractivity contribution < 1.29 is 18.7 Å². The van der Waals surface area contributed by atoms with Crippen molar-refractivity contribution in [3.05, 3.63) is 24.1 Å². The van der Waals surface area contributed by atoms with E-state index in [0.717, 1.165) is 30.5 Å². The van der Waals surface area contributed by atoms with Gasteiger partial charge >= 0.3 is 0 Å². The minimum absolute atomic E-state index is 0.0514. The number of rotatable bonds is 3. The molecule has 6 heteroatoms. The molecule has 0 N–H and O–H groups in total. The van der Waals surface area contributed by atoms with E-state index in [-0.39, 0.29) is 12.0 Å². The highest BCUT2D eigenvalue weighted by atomic mass is 16.5. The fourth-order valence-corrected chi connectivity index (χ4v) is 3.43. The molecule has 1 amide bonds. The van der Waals surface area contributed by atoms with Crippen LogP contribution < -0.4 is 0 Å². The topological polar surface area (TPSA) is 56.8 Å². The first-order chi connectivity index (χ1) is 11.3. The van der Waals surface area contributed by atoms with Crippen LogP contribution in [0, 0.1) is 0 Å². The molecule has 0 aromatic carbocycles. The van der Waals surface area contributed by atoms with Gasteiger partial charge in [-0.2, -0.15) is 0 Å². The van der Waals surface area contributed by atoms with Crippen LogP contribution in [0.1, 0.15) is 29.8 Å². The first-order valence-corrected chi connectivity index (χ1v) is 8.38. The third kappa shape index (κ3) is 2.88. The van der Waals surface area contributed by atoms with E-state index in [0.29, 0.717) is 38.5 Å². The smallest absolute Gasteiger partial charge is 0.270 e. The van der Waals surface area contributed by atoms with E-state index in [2.05, 4.69) is 4.57 Å². The molecule has 124 valence electrons. The molecule has 4 rings (SSSR count). The number of amides is 1. The van der Waals surface area contributed by atoms with Gasteiger partial charge in [0.1, 0.15) is 5.69 Å². The van der Waals surface area contributed by atoms with Crippen LogP contribution >= 0.6 is 0 Å². The molecule has 1 unspecified atom stereocenters. The summed E-state index contributed by atoms with van der Waals surface area (Å²) in [7, 11) is 0. The number of aromatic nitrogens is 1. The molecule has 2 saturated heterocycles. The molecule has 4 heterocycles. The number of furan rings is 1. The Kier molecular flexibility index (Phi) is 4.10. The van der Waals surface area contributed by atoms with E-state index in [1.807, 2.05) is 17.0 Å². The Morgan fingerprint density at radius 3 is 2.87 bits per heavy atom. The summed E-state index contributed by atoms with van der Waals surface area (Å²) in [6.45, 7) is 4.01. The zero-order valence-electron chi connectivity index (χ0n) is 13.2. The molecule has 0 spiro atoms. The summed E-state index contributed by atoms with van der Waals surface area (Å²) in [5, 5.41) is 0. The molecule has 2 aromatic rings. The maximum Gasteiger partial charge on any atom is 0.270 e. The second kappa shape index (κ2) is 6.37. The highest BCUT2D eigenvalue weighted by Gasteiger charge is 2.26. The van der Waals surface area contributed by atoms with Crippen molar-refractivity contribution in [1.29, 1.82) is 0 Å². The van der Waals surface area contributed by atoms with Crippen molar-refractivity contribution in [3.63, 3.8) is 0 Å². The van der Waals surface area contributed by atoms with Crippen LogP contribution in [0.15, 0.2) is 22.8 Å². The largest absolute Gasteiger partial charge is 0.463 e. The van der Waals surface area contributed by atoms with Crippen LogP contribution in [0.25, 0.3) is 11.1 Å². The highest BCUT2D eigenvalue weighted by Crippen LogP contribution is 2.25. The number of ether oxygens (including phenoxy) is 2. The number of hydrogen-bond acceptors (Lipinski definition) is 4.